The molecule has 3 aliphatic rings. The lowest BCUT2D eigenvalue weighted by atomic mass is 9.92. The van der Waals surface area contributed by atoms with Gasteiger partial charge in [-0.3, -0.25) is 9.59 Å². The molecule has 6 heteroatoms. The topological polar surface area (TPSA) is 54.3 Å². The zero-order valence-corrected chi connectivity index (χ0v) is 16.5. The van der Waals surface area contributed by atoms with Gasteiger partial charge in [0.1, 0.15) is 11.7 Å². The van der Waals surface area contributed by atoms with E-state index in [0.29, 0.717) is 6.54 Å². The number of rotatable bonds is 3. The molecule has 3 heterocycles. The van der Waals surface area contributed by atoms with Gasteiger partial charge in [0.15, 0.2) is 0 Å². The van der Waals surface area contributed by atoms with Gasteiger partial charge in [0.05, 0.1) is 16.8 Å². The first kappa shape index (κ1) is 17.3. The van der Waals surface area contributed by atoms with E-state index in [1.165, 1.54) is 19.3 Å². The molecule has 0 bridgehead atoms. The molecule has 0 radical (unpaired) electrons. The maximum absolute atomic E-state index is 13.5. The van der Waals surface area contributed by atoms with Crippen molar-refractivity contribution in [3.8, 4) is 0 Å². The summed E-state index contributed by atoms with van der Waals surface area (Å²) in [5.74, 6) is 0.0895. The van der Waals surface area contributed by atoms with Crippen molar-refractivity contribution in [1.29, 1.82) is 0 Å². The summed E-state index contributed by atoms with van der Waals surface area (Å²) in [4.78, 5) is 28.7. The number of amides is 2. The highest BCUT2D eigenvalue weighted by molar-refractivity contribution is 7.17. The van der Waals surface area contributed by atoms with Crippen LogP contribution in [0.25, 0.3) is 10.2 Å². The van der Waals surface area contributed by atoms with Gasteiger partial charge in [0.25, 0.3) is 5.91 Å². The Labute approximate surface area is 163 Å². The molecule has 2 fully saturated rings. The van der Waals surface area contributed by atoms with Crippen LogP contribution in [0.5, 0.6) is 0 Å². The Kier molecular flexibility index (Phi) is 4.46. The molecule has 1 N–H and O–H groups in total. The molecule has 5 rings (SSSR count). The zero-order valence-electron chi connectivity index (χ0n) is 15.7. The molecule has 2 saturated carbocycles. The second kappa shape index (κ2) is 6.97. The molecule has 2 aromatic rings. The number of hydrogen-bond acceptors (Lipinski definition) is 3. The molecular weight excluding hydrogens is 358 g/mol. The highest BCUT2D eigenvalue weighted by Gasteiger charge is 2.42. The number of thiophene rings is 1. The third-order valence-electron chi connectivity index (χ3n) is 6.64. The molecule has 1 aliphatic heterocycles. The largest absolute Gasteiger partial charge is 0.352 e. The fourth-order valence-corrected chi connectivity index (χ4v) is 6.06. The minimum absolute atomic E-state index is 0.0446. The summed E-state index contributed by atoms with van der Waals surface area (Å²) in [7, 11) is 0. The van der Waals surface area contributed by atoms with Crippen molar-refractivity contribution in [2.45, 2.75) is 82.5 Å². The molecule has 2 aliphatic carbocycles. The highest BCUT2D eigenvalue weighted by atomic mass is 32.1. The Balaban J connectivity index is 1.49. The number of nitrogens with zero attached hydrogens (tertiary/aromatic N) is 2. The quantitative estimate of drug-likeness (QED) is 0.871. The first-order valence-electron chi connectivity index (χ1n) is 10.4. The second-order valence-electron chi connectivity index (χ2n) is 8.32. The number of nitrogens with one attached hydrogen (secondary N) is 1. The molecule has 1 atom stereocenters. The van der Waals surface area contributed by atoms with Crippen LogP contribution in [-0.4, -0.2) is 39.4 Å². The Hall–Kier alpha value is -1.82. The van der Waals surface area contributed by atoms with E-state index in [4.69, 9.17) is 0 Å². The van der Waals surface area contributed by atoms with Crippen molar-refractivity contribution in [3.63, 3.8) is 0 Å². The standard InChI is InChI=1S/C21H27N3O2S/c25-20(22-14-6-4-5-7-14)18-13-23-16-10-11-27-19(16)12-17(23)21(26)24(18)15-8-2-1-3-9-15/h10-12,14-15,18H,1-9,13H2,(H,22,25). The normalized spacial score (nSPS) is 24.5. The van der Waals surface area contributed by atoms with Crippen molar-refractivity contribution in [2.75, 3.05) is 0 Å². The van der Waals surface area contributed by atoms with Crippen LogP contribution in [0.2, 0.25) is 0 Å². The van der Waals surface area contributed by atoms with Crippen LogP contribution in [0.1, 0.15) is 68.3 Å². The molecule has 0 saturated heterocycles. The molecule has 144 valence electrons. The lowest BCUT2D eigenvalue weighted by Crippen LogP contribution is -2.59. The monoisotopic (exact) mass is 385 g/mol. The molecule has 2 aromatic heterocycles. The molecule has 0 spiro atoms. The van der Waals surface area contributed by atoms with Gasteiger partial charge in [0, 0.05) is 12.1 Å². The van der Waals surface area contributed by atoms with Crippen LogP contribution in [-0.2, 0) is 11.3 Å². The first-order valence-corrected chi connectivity index (χ1v) is 11.3. The average Bonchev–Trinajstić information content (AvgIpc) is 3.40. The van der Waals surface area contributed by atoms with Crippen LogP contribution < -0.4 is 5.32 Å². The van der Waals surface area contributed by atoms with Crippen molar-refractivity contribution in [2.24, 2.45) is 0 Å². The summed E-state index contributed by atoms with van der Waals surface area (Å²) >= 11 is 1.66. The minimum Gasteiger partial charge on any atom is -0.352 e. The number of carbonyl (C=O) groups excluding carboxylic acids is 2. The van der Waals surface area contributed by atoms with Gasteiger partial charge in [-0.15, -0.1) is 11.3 Å². The predicted molar refractivity (Wildman–Crippen MR) is 107 cm³/mol. The molecular formula is C21H27N3O2S. The maximum atomic E-state index is 13.5. The second-order valence-corrected chi connectivity index (χ2v) is 9.27. The zero-order chi connectivity index (χ0) is 18.4. The molecule has 5 nitrogen and oxygen atoms in total. The van der Waals surface area contributed by atoms with E-state index in [9.17, 15) is 9.59 Å². The van der Waals surface area contributed by atoms with E-state index < -0.39 is 0 Å². The molecule has 1 unspecified atom stereocenters. The van der Waals surface area contributed by atoms with Gasteiger partial charge in [0.2, 0.25) is 5.91 Å². The summed E-state index contributed by atoms with van der Waals surface area (Å²) in [6.07, 6.45) is 10.1. The Morgan fingerprint density at radius 3 is 2.59 bits per heavy atom. The molecule has 2 amide bonds. The van der Waals surface area contributed by atoms with Crippen LogP contribution in [0.15, 0.2) is 17.5 Å². The van der Waals surface area contributed by atoms with Gasteiger partial charge in [-0.05, 0) is 43.2 Å². The fraction of sp³-hybridized carbons (Fsp3) is 0.619. The van der Waals surface area contributed by atoms with Crippen molar-refractivity contribution < 1.29 is 9.59 Å². The summed E-state index contributed by atoms with van der Waals surface area (Å²) in [5.41, 5.74) is 1.85. The van der Waals surface area contributed by atoms with Gasteiger partial charge >= 0.3 is 0 Å². The van der Waals surface area contributed by atoms with Crippen LogP contribution >= 0.6 is 11.3 Å². The molecule has 0 aromatic carbocycles. The van der Waals surface area contributed by atoms with Crippen molar-refractivity contribution >= 4 is 33.4 Å². The number of aromatic nitrogens is 1. The summed E-state index contributed by atoms with van der Waals surface area (Å²) in [6, 6.07) is 4.19. The lowest BCUT2D eigenvalue weighted by Gasteiger charge is -2.42. The third kappa shape index (κ3) is 2.98. The summed E-state index contributed by atoms with van der Waals surface area (Å²) in [6.45, 7) is 0.580. The van der Waals surface area contributed by atoms with Gasteiger partial charge in [-0.1, -0.05) is 32.1 Å². The van der Waals surface area contributed by atoms with E-state index in [0.717, 1.165) is 54.4 Å². The average molecular weight is 386 g/mol. The predicted octanol–water partition coefficient (Wildman–Crippen LogP) is 3.92. The highest BCUT2D eigenvalue weighted by Crippen LogP contribution is 2.34. The SMILES string of the molecule is O=C(NC1CCCC1)C1Cn2c(cc3sccc32)C(=O)N1C1CCCCC1. The van der Waals surface area contributed by atoms with Gasteiger partial charge in [-0.2, -0.15) is 0 Å². The Bertz CT molecular complexity index is 858. The van der Waals surface area contributed by atoms with Crippen LogP contribution in [0.4, 0.5) is 0 Å². The third-order valence-corrected chi connectivity index (χ3v) is 7.49. The van der Waals surface area contributed by atoms with Crippen LogP contribution in [0, 0.1) is 0 Å². The van der Waals surface area contributed by atoms with Gasteiger partial charge in [-0.25, -0.2) is 0 Å². The van der Waals surface area contributed by atoms with E-state index in [2.05, 4.69) is 21.3 Å². The van der Waals surface area contributed by atoms with E-state index >= 15 is 0 Å². The number of carbonyl (C=O) groups is 2. The van der Waals surface area contributed by atoms with E-state index in [1.807, 2.05) is 11.0 Å². The summed E-state index contributed by atoms with van der Waals surface area (Å²) < 4.78 is 3.21. The van der Waals surface area contributed by atoms with Crippen LogP contribution in [0.3, 0.4) is 0 Å². The minimum atomic E-state index is -0.385. The number of fused-ring (bicyclic) bond motifs is 3. The van der Waals surface area contributed by atoms with E-state index in [1.54, 1.807) is 11.3 Å². The first-order chi connectivity index (χ1) is 13.2. The summed E-state index contributed by atoms with van der Waals surface area (Å²) in [5, 5.41) is 5.32. The molecule has 27 heavy (non-hydrogen) atoms. The Morgan fingerprint density at radius 2 is 1.81 bits per heavy atom. The lowest BCUT2D eigenvalue weighted by molar-refractivity contribution is -0.128. The van der Waals surface area contributed by atoms with E-state index in [-0.39, 0.29) is 29.9 Å². The smallest absolute Gasteiger partial charge is 0.271 e. The fourth-order valence-electron chi connectivity index (χ4n) is 5.24. The van der Waals surface area contributed by atoms with Gasteiger partial charge < -0.3 is 14.8 Å². The van der Waals surface area contributed by atoms with Crippen molar-refractivity contribution in [3.05, 3.63) is 23.2 Å². The van der Waals surface area contributed by atoms with Crippen molar-refractivity contribution in [1.82, 2.24) is 14.8 Å². The maximum Gasteiger partial charge on any atom is 0.271 e. The Morgan fingerprint density at radius 1 is 1.07 bits per heavy atom. The number of hydrogen-bond donors (Lipinski definition) is 1.